The van der Waals surface area contributed by atoms with Gasteiger partial charge in [0.15, 0.2) is 0 Å². The fraction of sp³-hybridized carbons (Fsp3) is 0.227. The number of piperazine rings is 1. The van der Waals surface area contributed by atoms with E-state index in [9.17, 15) is 8.78 Å². The lowest BCUT2D eigenvalue weighted by Crippen LogP contribution is -2.45. The number of halogens is 4. The zero-order chi connectivity index (χ0) is 18.6. The Bertz CT molecular complexity index is 897. The highest BCUT2D eigenvalue weighted by atomic mass is 35.5. The standard InChI is InChI=1S/C22H21F2N3.2ClH/c23-20-3-1-18(2-4-20)19-13-17(14-25-15-19)16-26-9-11-27(12-10-26)22-7-5-21(24)6-8-22;;/h1-8,13-15H,9-12,16H2;2*1H. The van der Waals surface area contributed by atoms with Gasteiger partial charge in [-0.15, -0.1) is 24.8 Å². The molecule has 4 rings (SSSR count). The van der Waals surface area contributed by atoms with E-state index in [-0.39, 0.29) is 36.4 Å². The van der Waals surface area contributed by atoms with Gasteiger partial charge in [-0.3, -0.25) is 9.88 Å². The first kappa shape index (κ1) is 23.1. The molecule has 1 aliphatic heterocycles. The number of pyridine rings is 1. The lowest BCUT2D eigenvalue weighted by Gasteiger charge is -2.36. The van der Waals surface area contributed by atoms with E-state index < -0.39 is 0 Å². The maximum Gasteiger partial charge on any atom is 0.123 e. The minimum absolute atomic E-state index is 0. The average molecular weight is 438 g/mol. The second-order valence-electron chi connectivity index (χ2n) is 6.83. The molecule has 0 N–H and O–H groups in total. The van der Waals surface area contributed by atoms with Gasteiger partial charge in [0.2, 0.25) is 0 Å². The van der Waals surface area contributed by atoms with Gasteiger partial charge in [0.05, 0.1) is 0 Å². The number of rotatable bonds is 4. The van der Waals surface area contributed by atoms with Crippen molar-refractivity contribution in [2.45, 2.75) is 6.54 Å². The van der Waals surface area contributed by atoms with Crippen LogP contribution in [-0.4, -0.2) is 36.1 Å². The van der Waals surface area contributed by atoms with E-state index in [1.54, 1.807) is 12.1 Å². The molecular weight excluding hydrogens is 415 g/mol. The van der Waals surface area contributed by atoms with Crippen LogP contribution in [0, 0.1) is 11.6 Å². The zero-order valence-electron chi connectivity index (χ0n) is 15.8. The van der Waals surface area contributed by atoms with Gasteiger partial charge in [0.25, 0.3) is 0 Å². The van der Waals surface area contributed by atoms with Crippen molar-refractivity contribution in [2.24, 2.45) is 0 Å². The van der Waals surface area contributed by atoms with Gasteiger partial charge in [0, 0.05) is 56.4 Å². The van der Waals surface area contributed by atoms with E-state index in [4.69, 9.17) is 0 Å². The molecule has 0 atom stereocenters. The third-order valence-electron chi connectivity index (χ3n) is 4.94. The Balaban J connectivity index is 0.00000150. The van der Waals surface area contributed by atoms with Gasteiger partial charge < -0.3 is 4.90 Å². The van der Waals surface area contributed by atoms with Crippen molar-refractivity contribution in [3.63, 3.8) is 0 Å². The quantitative estimate of drug-likeness (QED) is 0.559. The van der Waals surface area contributed by atoms with Crippen molar-refractivity contribution < 1.29 is 8.78 Å². The van der Waals surface area contributed by atoms with E-state index in [2.05, 4.69) is 20.9 Å². The minimum atomic E-state index is -0.234. The third-order valence-corrected chi connectivity index (χ3v) is 4.94. The lowest BCUT2D eigenvalue weighted by molar-refractivity contribution is 0.249. The van der Waals surface area contributed by atoms with Gasteiger partial charge in [-0.25, -0.2) is 8.78 Å². The Hall–Kier alpha value is -2.21. The van der Waals surface area contributed by atoms with Crippen LogP contribution in [0.15, 0.2) is 67.0 Å². The van der Waals surface area contributed by atoms with Crippen LogP contribution < -0.4 is 4.90 Å². The summed E-state index contributed by atoms with van der Waals surface area (Å²) in [5.41, 5.74) is 4.17. The van der Waals surface area contributed by atoms with Crippen molar-refractivity contribution in [3.05, 3.63) is 84.2 Å². The van der Waals surface area contributed by atoms with Crippen LogP contribution >= 0.6 is 24.8 Å². The fourth-order valence-corrected chi connectivity index (χ4v) is 3.45. The summed E-state index contributed by atoms with van der Waals surface area (Å²) in [6.45, 7) is 4.54. The van der Waals surface area contributed by atoms with Crippen LogP contribution in [-0.2, 0) is 6.54 Å². The lowest BCUT2D eigenvalue weighted by atomic mass is 10.1. The smallest absolute Gasteiger partial charge is 0.123 e. The molecule has 0 spiro atoms. The maximum atomic E-state index is 13.1. The number of benzene rings is 2. The predicted octanol–water partition coefficient (Wildman–Crippen LogP) is 5.19. The highest BCUT2D eigenvalue weighted by molar-refractivity contribution is 5.85. The van der Waals surface area contributed by atoms with Crippen LogP contribution in [0.3, 0.4) is 0 Å². The SMILES string of the molecule is Cl.Cl.Fc1ccc(-c2cncc(CN3CCN(c4ccc(F)cc4)CC3)c2)cc1. The van der Waals surface area contributed by atoms with E-state index in [1.165, 1.54) is 24.3 Å². The van der Waals surface area contributed by atoms with Crippen LogP contribution in [0.5, 0.6) is 0 Å². The molecule has 154 valence electrons. The van der Waals surface area contributed by atoms with Crippen molar-refractivity contribution in [1.82, 2.24) is 9.88 Å². The molecule has 2 aromatic carbocycles. The molecule has 1 fully saturated rings. The summed E-state index contributed by atoms with van der Waals surface area (Å²) in [5, 5.41) is 0. The van der Waals surface area contributed by atoms with Gasteiger partial charge in [-0.2, -0.15) is 0 Å². The summed E-state index contributed by atoms with van der Waals surface area (Å²) >= 11 is 0. The number of anilines is 1. The Kier molecular flexibility index (Phi) is 8.38. The Morgan fingerprint density at radius 1 is 0.724 bits per heavy atom. The molecule has 0 saturated carbocycles. The topological polar surface area (TPSA) is 19.4 Å². The van der Waals surface area contributed by atoms with Gasteiger partial charge >= 0.3 is 0 Å². The molecule has 0 amide bonds. The monoisotopic (exact) mass is 437 g/mol. The molecule has 1 saturated heterocycles. The summed E-state index contributed by atoms with van der Waals surface area (Å²) in [5.74, 6) is -0.437. The summed E-state index contributed by atoms with van der Waals surface area (Å²) in [6, 6.07) is 15.3. The number of hydrogen-bond acceptors (Lipinski definition) is 3. The third kappa shape index (κ3) is 5.89. The number of aromatic nitrogens is 1. The van der Waals surface area contributed by atoms with Crippen molar-refractivity contribution in [2.75, 3.05) is 31.1 Å². The zero-order valence-corrected chi connectivity index (χ0v) is 17.4. The Morgan fingerprint density at radius 2 is 1.31 bits per heavy atom. The molecule has 2 heterocycles. The van der Waals surface area contributed by atoms with E-state index >= 15 is 0 Å². The van der Waals surface area contributed by atoms with Crippen molar-refractivity contribution in [3.8, 4) is 11.1 Å². The molecule has 7 heteroatoms. The molecule has 0 radical (unpaired) electrons. The highest BCUT2D eigenvalue weighted by Gasteiger charge is 2.17. The summed E-state index contributed by atoms with van der Waals surface area (Å²) in [6.07, 6.45) is 3.70. The van der Waals surface area contributed by atoms with Crippen LogP contribution in [0.25, 0.3) is 11.1 Å². The maximum absolute atomic E-state index is 13.1. The molecular formula is C22H23Cl2F2N3. The minimum Gasteiger partial charge on any atom is -0.369 e. The first-order valence-corrected chi connectivity index (χ1v) is 9.10. The first-order valence-electron chi connectivity index (χ1n) is 9.10. The highest BCUT2D eigenvalue weighted by Crippen LogP contribution is 2.21. The summed E-state index contributed by atoms with van der Waals surface area (Å²) in [4.78, 5) is 9.03. The summed E-state index contributed by atoms with van der Waals surface area (Å²) in [7, 11) is 0. The first-order chi connectivity index (χ1) is 13.2. The summed E-state index contributed by atoms with van der Waals surface area (Å²) < 4.78 is 26.2. The largest absolute Gasteiger partial charge is 0.369 e. The van der Waals surface area contributed by atoms with Crippen molar-refractivity contribution in [1.29, 1.82) is 0 Å². The van der Waals surface area contributed by atoms with Crippen molar-refractivity contribution >= 4 is 30.5 Å². The Labute approximate surface area is 182 Å². The molecule has 1 aliphatic rings. The molecule has 0 unspecified atom stereocenters. The second-order valence-corrected chi connectivity index (χ2v) is 6.83. The van der Waals surface area contributed by atoms with Crippen LogP contribution in [0.4, 0.5) is 14.5 Å². The van der Waals surface area contributed by atoms with E-state index in [0.29, 0.717) is 0 Å². The van der Waals surface area contributed by atoms with E-state index in [0.717, 1.165) is 55.1 Å². The normalized spacial score (nSPS) is 14.1. The molecule has 3 aromatic rings. The van der Waals surface area contributed by atoms with E-state index in [1.807, 2.05) is 24.5 Å². The van der Waals surface area contributed by atoms with Gasteiger partial charge in [-0.1, -0.05) is 12.1 Å². The van der Waals surface area contributed by atoms with Gasteiger partial charge in [0.1, 0.15) is 11.6 Å². The molecule has 3 nitrogen and oxygen atoms in total. The fourth-order valence-electron chi connectivity index (χ4n) is 3.45. The second kappa shape index (κ2) is 10.5. The number of nitrogens with zero attached hydrogens (tertiary/aromatic N) is 3. The average Bonchev–Trinajstić information content (AvgIpc) is 2.70. The van der Waals surface area contributed by atoms with Crippen LogP contribution in [0.1, 0.15) is 5.56 Å². The molecule has 0 bridgehead atoms. The molecule has 0 aliphatic carbocycles. The van der Waals surface area contributed by atoms with Crippen LogP contribution in [0.2, 0.25) is 0 Å². The Morgan fingerprint density at radius 3 is 1.93 bits per heavy atom. The predicted molar refractivity (Wildman–Crippen MR) is 118 cm³/mol. The van der Waals surface area contributed by atoms with Gasteiger partial charge in [-0.05, 0) is 53.6 Å². The number of hydrogen-bond donors (Lipinski definition) is 0. The molecule has 1 aromatic heterocycles. The molecule has 29 heavy (non-hydrogen) atoms.